The Balaban J connectivity index is 2.06. The summed E-state index contributed by atoms with van der Waals surface area (Å²) >= 11 is 0. The van der Waals surface area contributed by atoms with E-state index in [9.17, 15) is 4.79 Å². The largest absolute Gasteiger partial charge is 0.469 e. The van der Waals surface area contributed by atoms with Crippen LogP contribution in [0.2, 0.25) is 0 Å². The van der Waals surface area contributed by atoms with Crippen LogP contribution in [0.1, 0.15) is 19.2 Å². The van der Waals surface area contributed by atoms with Crippen LogP contribution in [0, 0.1) is 12.8 Å². The molecule has 1 heterocycles. The molecule has 0 spiro atoms. The molecule has 102 valence electrons. The Morgan fingerprint density at radius 2 is 2.32 bits per heavy atom. The molecule has 1 aromatic carbocycles. The first-order valence-electron chi connectivity index (χ1n) is 6.33. The van der Waals surface area contributed by atoms with Crippen molar-refractivity contribution in [2.75, 3.05) is 19.0 Å². The molecule has 5 nitrogen and oxygen atoms in total. The third kappa shape index (κ3) is 3.05. The van der Waals surface area contributed by atoms with Gasteiger partial charge in [0.15, 0.2) is 11.5 Å². The summed E-state index contributed by atoms with van der Waals surface area (Å²) in [6.45, 7) is 4.32. The molecule has 1 N–H and O–H groups in total. The SMILES string of the molecule is CCC(CNc1ccc2nc(C)oc2c1)C(=O)OC. The summed E-state index contributed by atoms with van der Waals surface area (Å²) in [5.74, 6) is 0.317. The number of hydrogen-bond acceptors (Lipinski definition) is 5. The Kier molecular flexibility index (Phi) is 4.04. The van der Waals surface area contributed by atoms with Crippen LogP contribution in [0.3, 0.4) is 0 Å². The fourth-order valence-corrected chi connectivity index (χ4v) is 1.95. The summed E-state index contributed by atoms with van der Waals surface area (Å²) in [5.41, 5.74) is 2.49. The minimum absolute atomic E-state index is 0.142. The highest BCUT2D eigenvalue weighted by atomic mass is 16.5. The molecule has 0 aliphatic carbocycles. The predicted octanol–water partition coefficient (Wildman–Crippen LogP) is 2.75. The van der Waals surface area contributed by atoms with Crippen molar-refractivity contribution in [3.63, 3.8) is 0 Å². The zero-order chi connectivity index (χ0) is 13.8. The third-order valence-corrected chi connectivity index (χ3v) is 3.08. The number of carbonyl (C=O) groups excluding carboxylic acids is 1. The Morgan fingerprint density at radius 3 is 3.00 bits per heavy atom. The molecule has 1 aromatic heterocycles. The zero-order valence-electron chi connectivity index (χ0n) is 11.4. The highest BCUT2D eigenvalue weighted by Crippen LogP contribution is 2.20. The molecule has 5 heteroatoms. The third-order valence-electron chi connectivity index (χ3n) is 3.08. The zero-order valence-corrected chi connectivity index (χ0v) is 11.4. The molecule has 2 rings (SSSR count). The predicted molar refractivity (Wildman–Crippen MR) is 73.0 cm³/mol. The molecule has 19 heavy (non-hydrogen) atoms. The molecule has 0 bridgehead atoms. The topological polar surface area (TPSA) is 64.4 Å². The van der Waals surface area contributed by atoms with Crippen molar-refractivity contribution in [2.24, 2.45) is 5.92 Å². The van der Waals surface area contributed by atoms with Crippen molar-refractivity contribution < 1.29 is 13.9 Å². The number of nitrogens with zero attached hydrogens (tertiary/aromatic N) is 1. The van der Waals surface area contributed by atoms with Crippen LogP contribution < -0.4 is 5.32 Å². The number of ether oxygens (including phenoxy) is 1. The average molecular weight is 262 g/mol. The number of nitrogens with one attached hydrogen (secondary N) is 1. The number of fused-ring (bicyclic) bond motifs is 1. The summed E-state index contributed by atoms with van der Waals surface area (Å²) in [6, 6.07) is 5.71. The van der Waals surface area contributed by atoms with E-state index in [1.807, 2.05) is 32.0 Å². The first kappa shape index (κ1) is 13.4. The lowest BCUT2D eigenvalue weighted by Crippen LogP contribution is -2.23. The maximum Gasteiger partial charge on any atom is 0.310 e. The van der Waals surface area contributed by atoms with Crippen LogP contribution in [0.15, 0.2) is 22.6 Å². The maximum absolute atomic E-state index is 11.5. The van der Waals surface area contributed by atoms with E-state index < -0.39 is 0 Å². The van der Waals surface area contributed by atoms with Crippen molar-refractivity contribution in [3.8, 4) is 0 Å². The standard InChI is InChI=1S/C14H18N2O3/c1-4-10(14(17)18-3)8-15-11-5-6-12-13(7-11)19-9(2)16-12/h5-7,10,15H,4,8H2,1-3H3. The molecule has 0 fully saturated rings. The molecule has 1 unspecified atom stereocenters. The monoisotopic (exact) mass is 262 g/mol. The quantitative estimate of drug-likeness (QED) is 0.839. The molecule has 1 atom stereocenters. The maximum atomic E-state index is 11.5. The number of aryl methyl sites for hydroxylation is 1. The molecule has 0 saturated carbocycles. The van der Waals surface area contributed by atoms with Crippen LogP contribution in [-0.2, 0) is 9.53 Å². The van der Waals surface area contributed by atoms with E-state index in [-0.39, 0.29) is 11.9 Å². The Labute approximate surface area is 112 Å². The number of anilines is 1. The number of rotatable bonds is 5. The molecule has 0 aliphatic heterocycles. The van der Waals surface area contributed by atoms with Crippen molar-refractivity contribution >= 4 is 22.8 Å². The van der Waals surface area contributed by atoms with E-state index in [0.717, 1.165) is 23.2 Å². The lowest BCUT2D eigenvalue weighted by Gasteiger charge is -2.13. The second-order valence-corrected chi connectivity index (χ2v) is 4.42. The Hall–Kier alpha value is -2.04. The smallest absolute Gasteiger partial charge is 0.310 e. The first-order chi connectivity index (χ1) is 9.13. The van der Waals surface area contributed by atoms with Gasteiger partial charge in [-0.05, 0) is 18.6 Å². The van der Waals surface area contributed by atoms with Gasteiger partial charge in [-0.1, -0.05) is 6.92 Å². The van der Waals surface area contributed by atoms with Gasteiger partial charge in [-0.15, -0.1) is 0 Å². The van der Waals surface area contributed by atoms with Gasteiger partial charge in [0, 0.05) is 25.2 Å². The van der Waals surface area contributed by atoms with Gasteiger partial charge in [0.1, 0.15) is 5.52 Å². The van der Waals surface area contributed by atoms with Gasteiger partial charge in [0.25, 0.3) is 0 Å². The molecule has 0 saturated heterocycles. The van der Waals surface area contributed by atoms with E-state index in [4.69, 9.17) is 9.15 Å². The summed E-state index contributed by atoms with van der Waals surface area (Å²) < 4.78 is 10.2. The van der Waals surface area contributed by atoms with Gasteiger partial charge in [0.2, 0.25) is 0 Å². The minimum atomic E-state index is -0.188. The number of hydrogen-bond donors (Lipinski definition) is 1. The number of methoxy groups -OCH3 is 1. The Bertz CT molecular complexity index is 577. The van der Waals surface area contributed by atoms with Crippen LogP contribution in [0.5, 0.6) is 0 Å². The second kappa shape index (κ2) is 5.73. The molecule has 0 radical (unpaired) electrons. The van der Waals surface area contributed by atoms with E-state index in [1.165, 1.54) is 7.11 Å². The number of esters is 1. The van der Waals surface area contributed by atoms with Crippen LogP contribution in [-0.4, -0.2) is 24.6 Å². The van der Waals surface area contributed by atoms with Crippen molar-refractivity contribution in [1.29, 1.82) is 0 Å². The molecule has 0 aliphatic rings. The van der Waals surface area contributed by atoms with Gasteiger partial charge in [-0.25, -0.2) is 4.98 Å². The van der Waals surface area contributed by atoms with Gasteiger partial charge in [-0.2, -0.15) is 0 Å². The van der Waals surface area contributed by atoms with E-state index in [0.29, 0.717) is 12.4 Å². The van der Waals surface area contributed by atoms with Gasteiger partial charge < -0.3 is 14.5 Å². The average Bonchev–Trinajstić information content (AvgIpc) is 2.78. The normalized spacial score (nSPS) is 12.4. The fraction of sp³-hybridized carbons (Fsp3) is 0.429. The van der Waals surface area contributed by atoms with Crippen LogP contribution >= 0.6 is 0 Å². The fourth-order valence-electron chi connectivity index (χ4n) is 1.95. The van der Waals surface area contributed by atoms with Gasteiger partial charge >= 0.3 is 5.97 Å². The van der Waals surface area contributed by atoms with Crippen LogP contribution in [0.4, 0.5) is 5.69 Å². The summed E-state index contributed by atoms with van der Waals surface area (Å²) in [7, 11) is 1.41. The molecular weight excluding hydrogens is 244 g/mol. The van der Waals surface area contributed by atoms with E-state index >= 15 is 0 Å². The second-order valence-electron chi connectivity index (χ2n) is 4.42. The lowest BCUT2D eigenvalue weighted by molar-refractivity contribution is -0.145. The molecular formula is C14H18N2O3. The Morgan fingerprint density at radius 1 is 1.53 bits per heavy atom. The van der Waals surface area contributed by atoms with Gasteiger partial charge in [-0.3, -0.25) is 4.79 Å². The number of aromatic nitrogens is 1. The highest BCUT2D eigenvalue weighted by molar-refractivity contribution is 5.77. The van der Waals surface area contributed by atoms with E-state index in [2.05, 4.69) is 10.3 Å². The van der Waals surface area contributed by atoms with Crippen LogP contribution in [0.25, 0.3) is 11.1 Å². The molecule has 0 amide bonds. The van der Waals surface area contributed by atoms with Crippen molar-refractivity contribution in [3.05, 3.63) is 24.1 Å². The summed E-state index contributed by atoms with van der Waals surface area (Å²) in [4.78, 5) is 15.7. The van der Waals surface area contributed by atoms with Crippen molar-refractivity contribution in [2.45, 2.75) is 20.3 Å². The number of oxazole rings is 1. The van der Waals surface area contributed by atoms with Gasteiger partial charge in [0.05, 0.1) is 13.0 Å². The number of benzene rings is 1. The highest BCUT2D eigenvalue weighted by Gasteiger charge is 2.16. The number of carbonyl (C=O) groups is 1. The van der Waals surface area contributed by atoms with Crippen molar-refractivity contribution in [1.82, 2.24) is 4.98 Å². The van der Waals surface area contributed by atoms with E-state index in [1.54, 1.807) is 0 Å². The first-order valence-corrected chi connectivity index (χ1v) is 6.33. The summed E-state index contributed by atoms with van der Waals surface area (Å²) in [6.07, 6.45) is 0.739. The molecule has 2 aromatic rings. The summed E-state index contributed by atoms with van der Waals surface area (Å²) in [5, 5.41) is 3.22. The lowest BCUT2D eigenvalue weighted by atomic mass is 10.1. The minimum Gasteiger partial charge on any atom is -0.469 e.